The van der Waals surface area contributed by atoms with E-state index in [2.05, 4.69) is 81.4 Å². The lowest BCUT2D eigenvalue weighted by molar-refractivity contribution is -0.956. The number of hydrogen-bond donors (Lipinski definition) is 1. The Morgan fingerprint density at radius 1 is 0.214 bits per heavy atom. The highest BCUT2D eigenvalue weighted by Crippen LogP contribution is 2.26. The molecule has 29 heteroatoms. The first-order chi connectivity index (χ1) is 67.0. The van der Waals surface area contributed by atoms with Gasteiger partial charge in [0, 0.05) is 11.1 Å². The summed E-state index contributed by atoms with van der Waals surface area (Å²) in [4.78, 5) is 10.5. The SMILES string of the molecule is CCCCCCCCCCCCCCCCCC[N+](Cc1ccccc1)(Cc1ccccc1)CC(C)OCC(C)OCC(C)OCC(C)OCC(C)OCC(C)OCC(C)OCC(C)OCC(C)OCC(C)OCC(C)OCC(C)OCC(C)OCC(C)OCC(C)OCC(C)OCC(C)OCC(C)OCC(C)OCC(C)OCC(C)OCC(C)OCC(C)OCC(C)OCC(C)OCCOCC(=O)O. The van der Waals surface area contributed by atoms with Gasteiger partial charge < -0.3 is 133 Å². The number of rotatable bonds is 101. The number of ether oxygens (including phenoxy) is 26. The third-order valence-electron chi connectivity index (χ3n) is 23.5. The van der Waals surface area contributed by atoms with Crippen LogP contribution in [0.2, 0.25) is 0 Å². The Morgan fingerprint density at radius 2 is 0.371 bits per heavy atom. The predicted octanol–water partition coefficient (Wildman–Crippen LogP) is 19.7. The van der Waals surface area contributed by atoms with Crippen molar-refractivity contribution in [3.8, 4) is 0 Å². The summed E-state index contributed by atoms with van der Waals surface area (Å²) >= 11 is 0. The molecule has 0 aliphatic rings. The fourth-order valence-corrected chi connectivity index (χ4v) is 14.8. The molecular formula is C111H208NO28+. The predicted molar refractivity (Wildman–Crippen MR) is 554 cm³/mol. The third kappa shape index (κ3) is 79.0. The summed E-state index contributed by atoms with van der Waals surface area (Å²) in [6, 6.07) is 22.1. The fraction of sp³-hybridized carbons (Fsp3) is 0.883. The number of carbonyl (C=O) groups is 1. The first-order valence-electron chi connectivity index (χ1n) is 54.1. The molecule has 2 rings (SSSR count). The third-order valence-corrected chi connectivity index (χ3v) is 23.5. The Hall–Kier alpha value is -3.17. The van der Waals surface area contributed by atoms with Crippen LogP contribution in [0.1, 0.15) is 294 Å². The van der Waals surface area contributed by atoms with Gasteiger partial charge >= 0.3 is 5.97 Å². The van der Waals surface area contributed by atoms with E-state index in [0.717, 1.165) is 30.7 Å². The maximum atomic E-state index is 10.5. The van der Waals surface area contributed by atoms with E-state index in [1.54, 1.807) is 0 Å². The van der Waals surface area contributed by atoms with Crippen LogP contribution in [0.5, 0.6) is 0 Å². The number of benzene rings is 2. The highest BCUT2D eigenvalue weighted by molar-refractivity contribution is 5.68. The van der Waals surface area contributed by atoms with E-state index in [-0.39, 0.29) is 166 Å². The molecule has 0 aromatic heterocycles. The fourth-order valence-electron chi connectivity index (χ4n) is 14.8. The van der Waals surface area contributed by atoms with Gasteiger partial charge in [0.05, 0.1) is 325 Å². The van der Waals surface area contributed by atoms with Crippen LogP contribution < -0.4 is 0 Å². The minimum absolute atomic E-state index is 0.0518. The molecule has 0 saturated carbocycles. The van der Waals surface area contributed by atoms with Crippen LogP contribution >= 0.6 is 0 Å². The molecule has 0 aliphatic carbocycles. The molecule has 2 aromatic carbocycles. The smallest absolute Gasteiger partial charge is 0.329 e. The molecule has 0 fully saturated rings. The van der Waals surface area contributed by atoms with E-state index in [1.165, 1.54) is 114 Å². The highest BCUT2D eigenvalue weighted by Gasteiger charge is 2.32. The average Bonchev–Trinajstić information content (AvgIpc) is 0.819. The largest absolute Gasteiger partial charge is 0.480 e. The normalized spacial score (nSPS) is 17.8. The number of nitrogens with zero attached hydrogens (tertiary/aromatic N) is 1. The van der Waals surface area contributed by atoms with E-state index >= 15 is 0 Å². The van der Waals surface area contributed by atoms with Crippen molar-refractivity contribution in [2.24, 2.45) is 0 Å². The van der Waals surface area contributed by atoms with Gasteiger partial charge in [0.1, 0.15) is 32.3 Å². The van der Waals surface area contributed by atoms with E-state index < -0.39 is 5.97 Å². The van der Waals surface area contributed by atoms with Crippen molar-refractivity contribution in [3.05, 3.63) is 71.8 Å². The standard InChI is InChI=1S/C111H207NO28/c1-27-28-29-30-31-32-33-34-35-36-37-38-39-40-41-48-53-112(57-109-49-44-42-45-50-109,58-110-51-46-43-47-52-110)56-84(2)117-60-86(4)119-62-88(6)121-64-90(8)123-66-92(10)125-68-94(12)127-70-96(14)129-72-98(16)131-74-100(18)133-76-102(20)135-78-104(22)137-80-106(24)139-82-108(26)140-81-107(25)138-79-105(23)136-77-103(21)134-75-101(19)132-73-99(17)130-71-97(15)128-69-95(13)126-67-93(11)124-65-91(9)122-63-89(7)120-61-87(5)118-59-85(3)116-55-54-115-83-111(113)114/h42-47,49-52,84-108H,27-41,48,53-83H2,1-26H3/p+1. The van der Waals surface area contributed by atoms with Crippen LogP contribution in [0.25, 0.3) is 0 Å². The highest BCUT2D eigenvalue weighted by atomic mass is 16.6. The van der Waals surface area contributed by atoms with Crippen molar-refractivity contribution in [2.75, 3.05) is 191 Å². The second kappa shape index (κ2) is 85.6. The number of carboxylic acids is 1. The monoisotopic (exact) mass is 2000 g/mol. The van der Waals surface area contributed by atoms with E-state index in [0.29, 0.717) is 165 Å². The lowest BCUT2D eigenvalue weighted by atomic mass is 10.0. The van der Waals surface area contributed by atoms with Crippen LogP contribution in [0.15, 0.2) is 60.7 Å². The van der Waals surface area contributed by atoms with Gasteiger partial charge in [0.25, 0.3) is 0 Å². The van der Waals surface area contributed by atoms with Crippen LogP contribution in [0, 0.1) is 0 Å². The summed E-state index contributed by atoms with van der Waals surface area (Å²) in [5.74, 6) is -1.01. The van der Waals surface area contributed by atoms with Gasteiger partial charge in [-0.3, -0.25) is 0 Å². The van der Waals surface area contributed by atoms with Gasteiger partial charge in [-0.05, 0) is 186 Å². The van der Waals surface area contributed by atoms with E-state index in [9.17, 15) is 4.79 Å². The van der Waals surface area contributed by atoms with Crippen molar-refractivity contribution in [1.82, 2.24) is 0 Å². The van der Waals surface area contributed by atoms with Crippen LogP contribution in [-0.2, 0) is 141 Å². The molecule has 0 aliphatic heterocycles. The van der Waals surface area contributed by atoms with E-state index in [1.807, 2.05) is 159 Å². The first-order valence-corrected chi connectivity index (χ1v) is 54.1. The van der Waals surface area contributed by atoms with Crippen LogP contribution in [0.4, 0.5) is 0 Å². The Kier molecular flexibility index (Phi) is 81.3. The van der Waals surface area contributed by atoms with Gasteiger partial charge in [0.15, 0.2) is 0 Å². The molecule has 0 heterocycles. The molecule has 2 aromatic rings. The molecule has 0 amide bonds. The molecule has 1 N–H and O–H groups in total. The Bertz CT molecular complexity index is 3010. The second-order valence-electron chi connectivity index (χ2n) is 40.4. The number of aliphatic carboxylic acids is 1. The maximum Gasteiger partial charge on any atom is 0.329 e. The quantitative estimate of drug-likeness (QED) is 0.0476. The van der Waals surface area contributed by atoms with Gasteiger partial charge in [-0.1, -0.05) is 157 Å². The Balaban J connectivity index is 1.48. The van der Waals surface area contributed by atoms with E-state index in [4.69, 9.17) is 128 Å². The number of unbranched alkanes of at least 4 members (excludes halogenated alkanes) is 15. The number of hydrogen-bond acceptors (Lipinski definition) is 27. The molecule has 824 valence electrons. The zero-order valence-corrected chi connectivity index (χ0v) is 92.9. The molecule has 140 heavy (non-hydrogen) atoms. The minimum atomic E-state index is -1.01. The average molecular weight is 2000 g/mol. The number of quaternary nitrogens is 1. The molecule has 25 unspecified atom stereocenters. The van der Waals surface area contributed by atoms with Crippen LogP contribution in [0.3, 0.4) is 0 Å². The van der Waals surface area contributed by atoms with Crippen molar-refractivity contribution >= 4 is 5.97 Å². The molecule has 0 radical (unpaired) electrons. The summed E-state index contributed by atoms with van der Waals surface area (Å²) in [6.07, 6.45) is 18.9. The van der Waals surface area contributed by atoms with Crippen LogP contribution in [-0.4, -0.2) is 360 Å². The number of carboxylic acid groups (broad SMARTS) is 1. The topological polar surface area (TPSA) is 277 Å². The Labute approximate surface area is 850 Å². The molecule has 25 atom stereocenters. The second-order valence-corrected chi connectivity index (χ2v) is 40.4. The summed E-state index contributed by atoms with van der Waals surface area (Å²) in [6.45, 7) is 66.7. The van der Waals surface area contributed by atoms with Crippen molar-refractivity contribution in [3.63, 3.8) is 0 Å². The summed E-state index contributed by atoms with van der Waals surface area (Å²) in [5.41, 5.74) is 2.75. The lowest BCUT2D eigenvalue weighted by Gasteiger charge is -2.41. The first kappa shape index (κ1) is 133. The summed E-state index contributed by atoms with van der Waals surface area (Å²) in [7, 11) is 0. The molecule has 0 bridgehead atoms. The minimum Gasteiger partial charge on any atom is -0.480 e. The summed E-state index contributed by atoms with van der Waals surface area (Å²) in [5, 5.41) is 8.64. The molecular weight excluding hydrogens is 1800 g/mol. The zero-order chi connectivity index (χ0) is 103. The molecule has 0 saturated heterocycles. The maximum absolute atomic E-state index is 10.5. The van der Waals surface area contributed by atoms with Gasteiger partial charge in [-0.2, -0.15) is 0 Å². The van der Waals surface area contributed by atoms with Crippen molar-refractivity contribution < 1.29 is 138 Å². The lowest BCUT2D eigenvalue weighted by Crippen LogP contribution is -2.51. The Morgan fingerprint density at radius 3 is 0.543 bits per heavy atom. The van der Waals surface area contributed by atoms with Crippen molar-refractivity contribution in [1.29, 1.82) is 0 Å². The van der Waals surface area contributed by atoms with Gasteiger partial charge in [-0.15, -0.1) is 0 Å². The molecule has 29 nitrogen and oxygen atoms in total. The van der Waals surface area contributed by atoms with Gasteiger partial charge in [-0.25, -0.2) is 4.79 Å². The summed E-state index contributed by atoms with van der Waals surface area (Å²) < 4.78 is 158. The zero-order valence-electron chi connectivity index (χ0n) is 92.9. The molecule has 0 spiro atoms. The van der Waals surface area contributed by atoms with Gasteiger partial charge in [0.2, 0.25) is 0 Å². The van der Waals surface area contributed by atoms with Crippen molar-refractivity contribution in [2.45, 2.75) is 448 Å².